The van der Waals surface area contributed by atoms with E-state index in [1.807, 2.05) is 22.6 Å². The molecule has 0 aliphatic carbocycles. The molecule has 0 saturated carbocycles. The first-order valence-electron chi connectivity index (χ1n) is 5.42. The predicted molar refractivity (Wildman–Crippen MR) is 83.1 cm³/mol. The number of halogens is 1. The largest absolute Gasteiger partial charge is 0.279 e. The summed E-state index contributed by atoms with van der Waals surface area (Å²) >= 11 is 2.00. The highest BCUT2D eigenvalue weighted by Gasteiger charge is 2.18. The van der Waals surface area contributed by atoms with Gasteiger partial charge in [0.15, 0.2) is 0 Å². The lowest BCUT2D eigenvalue weighted by atomic mass is 10.3. The highest BCUT2D eigenvalue weighted by molar-refractivity contribution is 14.1. The zero-order valence-electron chi connectivity index (χ0n) is 9.99. The number of benzene rings is 2. The lowest BCUT2D eigenvalue weighted by Crippen LogP contribution is -2.13. The topological polar surface area (TPSA) is 89.3 Å². The summed E-state index contributed by atoms with van der Waals surface area (Å²) in [5, 5.41) is 10.7. The van der Waals surface area contributed by atoms with Crippen molar-refractivity contribution in [2.24, 2.45) is 0 Å². The van der Waals surface area contributed by atoms with Gasteiger partial charge in [0.2, 0.25) is 0 Å². The molecule has 6 nitrogen and oxygen atoms in total. The van der Waals surface area contributed by atoms with Crippen LogP contribution in [0.2, 0.25) is 0 Å². The van der Waals surface area contributed by atoms with Crippen LogP contribution >= 0.6 is 22.6 Å². The second-order valence-corrected chi connectivity index (χ2v) is 6.68. The Hall–Kier alpha value is -1.68. The summed E-state index contributed by atoms with van der Waals surface area (Å²) in [7, 11) is -3.85. The maximum Gasteiger partial charge on any atom is 0.270 e. The maximum absolute atomic E-state index is 12.2. The second-order valence-electron chi connectivity index (χ2n) is 3.84. The number of nitrogens with zero attached hydrogens (tertiary/aromatic N) is 1. The van der Waals surface area contributed by atoms with Gasteiger partial charge in [0.25, 0.3) is 15.7 Å². The molecule has 0 saturated heterocycles. The van der Waals surface area contributed by atoms with E-state index in [-0.39, 0.29) is 10.6 Å². The van der Waals surface area contributed by atoms with Crippen molar-refractivity contribution >= 4 is 44.0 Å². The molecule has 0 aliphatic heterocycles. The van der Waals surface area contributed by atoms with Crippen LogP contribution in [0.4, 0.5) is 11.4 Å². The van der Waals surface area contributed by atoms with Crippen molar-refractivity contribution < 1.29 is 13.3 Å². The Kier molecular flexibility index (Phi) is 4.23. The van der Waals surface area contributed by atoms with Crippen molar-refractivity contribution in [3.05, 3.63) is 62.2 Å². The number of non-ortho nitro benzene ring substituents is 1. The van der Waals surface area contributed by atoms with E-state index in [1.54, 1.807) is 24.3 Å². The number of nitro benzene ring substituents is 1. The van der Waals surface area contributed by atoms with Crippen molar-refractivity contribution in [1.29, 1.82) is 0 Å². The second kappa shape index (κ2) is 5.75. The minimum atomic E-state index is -3.85. The first-order chi connectivity index (χ1) is 9.40. The molecule has 0 spiro atoms. The van der Waals surface area contributed by atoms with Crippen molar-refractivity contribution in [2.75, 3.05) is 4.72 Å². The predicted octanol–water partition coefficient (Wildman–Crippen LogP) is 3.00. The highest BCUT2D eigenvalue weighted by atomic mass is 127. The van der Waals surface area contributed by atoms with Crippen LogP contribution in [0.1, 0.15) is 0 Å². The Balaban J connectivity index is 2.38. The van der Waals surface area contributed by atoms with E-state index in [2.05, 4.69) is 4.72 Å². The van der Waals surface area contributed by atoms with E-state index in [0.717, 1.165) is 9.64 Å². The molecule has 0 radical (unpaired) electrons. The van der Waals surface area contributed by atoms with Crippen LogP contribution in [0.5, 0.6) is 0 Å². The van der Waals surface area contributed by atoms with Gasteiger partial charge in [-0.2, -0.15) is 0 Å². The van der Waals surface area contributed by atoms with E-state index in [0.29, 0.717) is 5.69 Å². The zero-order valence-corrected chi connectivity index (χ0v) is 13.0. The Labute approximate surface area is 129 Å². The summed E-state index contributed by atoms with van der Waals surface area (Å²) in [5.41, 5.74) is 0.162. The molecule has 0 bridgehead atoms. The molecule has 104 valence electrons. The Morgan fingerprint density at radius 3 is 2.45 bits per heavy atom. The van der Waals surface area contributed by atoms with Crippen molar-refractivity contribution in [3.63, 3.8) is 0 Å². The van der Waals surface area contributed by atoms with Crippen LogP contribution in [0.25, 0.3) is 0 Å². The molecule has 20 heavy (non-hydrogen) atoms. The van der Waals surface area contributed by atoms with Gasteiger partial charge in [-0.3, -0.25) is 14.8 Å². The molecular formula is C12H9IN2O4S. The number of anilines is 1. The van der Waals surface area contributed by atoms with Gasteiger partial charge in [0, 0.05) is 15.7 Å². The molecule has 8 heteroatoms. The van der Waals surface area contributed by atoms with Crippen LogP contribution in [0, 0.1) is 13.7 Å². The van der Waals surface area contributed by atoms with Gasteiger partial charge in [0.1, 0.15) is 0 Å². The molecule has 0 aromatic heterocycles. The monoisotopic (exact) mass is 404 g/mol. The normalized spacial score (nSPS) is 11.1. The number of para-hydroxylation sites is 1. The molecule has 0 atom stereocenters. The van der Waals surface area contributed by atoms with E-state index in [4.69, 9.17) is 0 Å². The van der Waals surface area contributed by atoms with Gasteiger partial charge >= 0.3 is 0 Å². The van der Waals surface area contributed by atoms with Crippen molar-refractivity contribution in [2.45, 2.75) is 4.90 Å². The molecule has 2 aromatic rings. The smallest absolute Gasteiger partial charge is 0.270 e. The molecule has 0 unspecified atom stereocenters. The minimum Gasteiger partial charge on any atom is -0.279 e. The summed E-state index contributed by atoms with van der Waals surface area (Å²) in [5.74, 6) is 0. The summed E-state index contributed by atoms with van der Waals surface area (Å²) in [6, 6.07) is 11.8. The Morgan fingerprint density at radius 2 is 1.80 bits per heavy atom. The summed E-state index contributed by atoms with van der Waals surface area (Å²) in [6.45, 7) is 0. The van der Waals surface area contributed by atoms with Crippen LogP contribution < -0.4 is 4.72 Å². The van der Waals surface area contributed by atoms with Crippen LogP contribution in [0.3, 0.4) is 0 Å². The fraction of sp³-hybridized carbons (Fsp3) is 0. The van der Waals surface area contributed by atoms with Crippen LogP contribution in [-0.2, 0) is 10.0 Å². The fourth-order valence-electron chi connectivity index (χ4n) is 1.51. The molecule has 0 fully saturated rings. The van der Waals surface area contributed by atoms with Crippen LogP contribution in [0.15, 0.2) is 53.4 Å². The summed E-state index contributed by atoms with van der Waals surface area (Å²) in [6.07, 6.45) is 0. The van der Waals surface area contributed by atoms with Gasteiger partial charge in [0.05, 0.1) is 15.5 Å². The Morgan fingerprint density at radius 1 is 1.10 bits per heavy atom. The average Bonchev–Trinajstić information content (AvgIpc) is 2.41. The minimum absolute atomic E-state index is 0.147. The van der Waals surface area contributed by atoms with Gasteiger partial charge in [-0.1, -0.05) is 18.2 Å². The van der Waals surface area contributed by atoms with Gasteiger partial charge in [-0.25, -0.2) is 8.42 Å². The average molecular weight is 404 g/mol. The number of sulfonamides is 1. The maximum atomic E-state index is 12.2. The highest BCUT2D eigenvalue weighted by Crippen LogP contribution is 2.23. The fourth-order valence-corrected chi connectivity index (χ4v) is 3.34. The Bertz CT molecular complexity index is 762. The zero-order chi connectivity index (χ0) is 14.8. The number of hydrogen-bond acceptors (Lipinski definition) is 4. The standard InChI is InChI=1S/C12H9IN2O4S/c13-11-6-1-2-7-12(11)14-20(18,19)10-5-3-4-9(8-10)15(16)17/h1-8,14H. The van der Waals surface area contributed by atoms with E-state index in [1.165, 1.54) is 18.2 Å². The molecule has 1 N–H and O–H groups in total. The van der Waals surface area contributed by atoms with Crippen molar-refractivity contribution in [1.82, 2.24) is 0 Å². The summed E-state index contributed by atoms with van der Waals surface area (Å²) < 4.78 is 27.5. The third-order valence-electron chi connectivity index (χ3n) is 2.46. The van der Waals surface area contributed by atoms with E-state index in [9.17, 15) is 18.5 Å². The molecular weight excluding hydrogens is 395 g/mol. The molecule has 2 aromatic carbocycles. The molecule has 2 rings (SSSR count). The lowest BCUT2D eigenvalue weighted by Gasteiger charge is -2.09. The number of nitrogens with one attached hydrogen (secondary N) is 1. The third-order valence-corrected chi connectivity index (χ3v) is 4.76. The van der Waals surface area contributed by atoms with Gasteiger partial charge in [-0.05, 0) is 40.8 Å². The third kappa shape index (κ3) is 3.25. The first-order valence-corrected chi connectivity index (χ1v) is 7.98. The number of nitro groups is 1. The molecule has 0 aliphatic rings. The van der Waals surface area contributed by atoms with Gasteiger partial charge < -0.3 is 0 Å². The van der Waals surface area contributed by atoms with Gasteiger partial charge in [-0.15, -0.1) is 0 Å². The SMILES string of the molecule is O=[N+]([O-])c1cccc(S(=O)(=O)Nc2ccccc2I)c1. The molecule has 0 amide bonds. The number of hydrogen-bond donors (Lipinski definition) is 1. The number of rotatable bonds is 4. The lowest BCUT2D eigenvalue weighted by molar-refractivity contribution is -0.385. The summed E-state index contributed by atoms with van der Waals surface area (Å²) in [4.78, 5) is 9.90. The van der Waals surface area contributed by atoms with Crippen LogP contribution in [-0.4, -0.2) is 13.3 Å². The quantitative estimate of drug-likeness (QED) is 0.482. The molecule has 0 heterocycles. The first kappa shape index (κ1) is 14.7. The van der Waals surface area contributed by atoms with Crippen molar-refractivity contribution in [3.8, 4) is 0 Å². The van der Waals surface area contributed by atoms with E-state index >= 15 is 0 Å². The van der Waals surface area contributed by atoms with E-state index < -0.39 is 14.9 Å².